The van der Waals surface area contributed by atoms with Crippen LogP contribution in [0.1, 0.15) is 0 Å². The maximum atomic E-state index is 8.74. The van der Waals surface area contributed by atoms with Gasteiger partial charge >= 0.3 is 40.0 Å². The Bertz CT molecular complexity index is 183. The Balaban J connectivity index is -0.000000208. The summed E-state index contributed by atoms with van der Waals surface area (Å²) in [5.41, 5.74) is 2.07. The zero-order valence-electron chi connectivity index (χ0n) is 7.16. The van der Waals surface area contributed by atoms with Crippen LogP contribution in [0.15, 0.2) is 0 Å². The number of aliphatic hydroxyl groups excluding tert-OH is 2. The normalized spacial score (nSPS) is 9.87. The topological polar surface area (TPSA) is 146 Å². The van der Waals surface area contributed by atoms with E-state index in [-0.39, 0.29) is 56.0 Å². The van der Waals surface area contributed by atoms with E-state index in [0.29, 0.717) is 0 Å². The van der Waals surface area contributed by atoms with E-state index < -0.39 is 10.4 Å². The predicted molar refractivity (Wildman–Crippen MR) is 50.5 cm³/mol. The molecule has 0 unspecified atom stereocenters. The summed E-state index contributed by atoms with van der Waals surface area (Å²) < 4.78 is 31.6. The first-order valence-electron chi connectivity index (χ1n) is 3.32. The number of aliphatic hydroxyl groups is 2. The molecule has 0 rings (SSSR count). The minimum atomic E-state index is -4.67. The molecule has 0 aliphatic heterocycles. The molecule has 0 amide bonds. The molecule has 90 valence electrons. The van der Waals surface area contributed by atoms with E-state index in [1.807, 2.05) is 0 Å². The minimum absolute atomic E-state index is 0. The summed E-state index contributed by atoms with van der Waals surface area (Å²) in [6.45, 7) is 0.224. The third kappa shape index (κ3) is 52.9. The SMILES string of the molecule is O=S(=O)(O)O.OCCONOCCO.[NaH]. The second-order valence-electron chi connectivity index (χ2n) is 1.68. The molecule has 0 aliphatic carbocycles. The molecule has 0 aliphatic rings. The van der Waals surface area contributed by atoms with Crippen LogP contribution < -0.4 is 5.64 Å². The Kier molecular flexibility index (Phi) is 20.5. The van der Waals surface area contributed by atoms with Gasteiger partial charge in [-0.15, -0.1) is 0 Å². The van der Waals surface area contributed by atoms with Gasteiger partial charge in [-0.2, -0.15) is 8.42 Å². The molecule has 11 heteroatoms. The summed E-state index contributed by atoms with van der Waals surface area (Å²) in [5, 5.41) is 16.3. The second-order valence-corrected chi connectivity index (χ2v) is 2.57. The van der Waals surface area contributed by atoms with Crippen molar-refractivity contribution in [2.24, 2.45) is 0 Å². The van der Waals surface area contributed by atoms with Gasteiger partial charge in [0.25, 0.3) is 0 Å². The number of hydrogen-bond donors (Lipinski definition) is 5. The first-order valence-corrected chi connectivity index (χ1v) is 4.71. The average Bonchev–Trinajstić information content (AvgIpc) is 2.01. The summed E-state index contributed by atoms with van der Waals surface area (Å²) in [4.78, 5) is 8.90. The van der Waals surface area contributed by atoms with Gasteiger partial charge in [-0.25, -0.2) is 0 Å². The van der Waals surface area contributed by atoms with Crippen molar-refractivity contribution in [1.82, 2.24) is 5.64 Å². The van der Waals surface area contributed by atoms with Crippen LogP contribution >= 0.6 is 0 Å². The molecular weight excluding hydrogens is 245 g/mol. The van der Waals surface area contributed by atoms with Crippen LogP contribution in [0.5, 0.6) is 0 Å². The Morgan fingerprint density at radius 3 is 1.47 bits per heavy atom. The number of rotatable bonds is 6. The fraction of sp³-hybridized carbons (Fsp3) is 1.00. The van der Waals surface area contributed by atoms with Crippen LogP contribution in [0.4, 0.5) is 0 Å². The van der Waals surface area contributed by atoms with E-state index in [2.05, 4.69) is 15.3 Å². The zero-order chi connectivity index (χ0) is 11.4. The van der Waals surface area contributed by atoms with Crippen LogP contribution in [0.25, 0.3) is 0 Å². The second kappa shape index (κ2) is 14.7. The number of nitrogens with one attached hydrogen (secondary N) is 1. The van der Waals surface area contributed by atoms with E-state index in [9.17, 15) is 0 Å². The molecular formula is C4H14NNaO8S. The first kappa shape index (κ1) is 21.0. The van der Waals surface area contributed by atoms with Gasteiger partial charge in [0.1, 0.15) is 0 Å². The van der Waals surface area contributed by atoms with Crippen LogP contribution in [0.2, 0.25) is 0 Å². The molecule has 0 bridgehead atoms. The quantitative estimate of drug-likeness (QED) is 0.147. The van der Waals surface area contributed by atoms with Gasteiger partial charge in [0.05, 0.1) is 26.4 Å². The molecule has 0 saturated carbocycles. The van der Waals surface area contributed by atoms with Gasteiger partial charge in [0, 0.05) is 0 Å². The molecule has 0 aromatic rings. The summed E-state index contributed by atoms with van der Waals surface area (Å²) >= 11 is 0. The maximum absolute atomic E-state index is 8.74. The Labute approximate surface area is 109 Å². The van der Waals surface area contributed by atoms with E-state index in [1.54, 1.807) is 0 Å². The fourth-order valence-corrected chi connectivity index (χ4v) is 0.216. The van der Waals surface area contributed by atoms with Crippen molar-refractivity contribution in [3.8, 4) is 0 Å². The van der Waals surface area contributed by atoms with Gasteiger partial charge < -0.3 is 10.2 Å². The average molecular weight is 259 g/mol. The van der Waals surface area contributed by atoms with Crippen LogP contribution in [0, 0.1) is 0 Å². The molecule has 0 atom stereocenters. The van der Waals surface area contributed by atoms with Crippen LogP contribution in [-0.2, 0) is 20.1 Å². The summed E-state index contributed by atoms with van der Waals surface area (Å²) in [6, 6.07) is 0. The van der Waals surface area contributed by atoms with E-state index in [4.69, 9.17) is 27.7 Å². The van der Waals surface area contributed by atoms with Gasteiger partial charge in [0.2, 0.25) is 0 Å². The van der Waals surface area contributed by atoms with Crippen molar-refractivity contribution in [3.63, 3.8) is 0 Å². The van der Waals surface area contributed by atoms with Crippen molar-refractivity contribution in [1.29, 1.82) is 0 Å². The predicted octanol–water partition coefficient (Wildman–Crippen LogP) is -2.88. The fourth-order valence-electron chi connectivity index (χ4n) is 0.216. The van der Waals surface area contributed by atoms with Crippen LogP contribution in [0.3, 0.4) is 0 Å². The van der Waals surface area contributed by atoms with Crippen LogP contribution in [-0.4, -0.2) is 83.7 Å². The van der Waals surface area contributed by atoms with E-state index >= 15 is 0 Å². The van der Waals surface area contributed by atoms with E-state index in [1.165, 1.54) is 0 Å². The molecule has 0 aromatic carbocycles. The third-order valence-electron chi connectivity index (χ3n) is 0.505. The molecule has 9 nitrogen and oxygen atoms in total. The molecule has 0 spiro atoms. The van der Waals surface area contributed by atoms with Gasteiger partial charge in [-0.05, 0) is 0 Å². The zero-order valence-corrected chi connectivity index (χ0v) is 7.98. The van der Waals surface area contributed by atoms with Crippen molar-refractivity contribution in [3.05, 3.63) is 0 Å². The molecule has 0 fully saturated rings. The summed E-state index contributed by atoms with van der Waals surface area (Å²) in [5.74, 6) is 0. The van der Waals surface area contributed by atoms with Crippen molar-refractivity contribution in [2.45, 2.75) is 0 Å². The first-order chi connectivity index (χ1) is 6.41. The van der Waals surface area contributed by atoms with E-state index in [0.717, 1.165) is 0 Å². The third-order valence-corrected chi connectivity index (χ3v) is 0.505. The monoisotopic (exact) mass is 259 g/mol. The standard InChI is InChI=1S/C4H11NO4.Na.H2O4S.H/c6-1-3-8-5-9-4-2-7;;1-5(2,3)4;/h5-7H,1-4H2;;(H2,1,2,3,4);. The molecule has 0 aromatic heterocycles. The molecule has 15 heavy (non-hydrogen) atoms. The van der Waals surface area contributed by atoms with Crippen molar-refractivity contribution < 1.29 is 37.4 Å². The molecule has 5 N–H and O–H groups in total. The summed E-state index contributed by atoms with van der Waals surface area (Å²) in [7, 11) is -4.67. The molecule has 0 saturated heterocycles. The van der Waals surface area contributed by atoms with Gasteiger partial charge in [0.15, 0.2) is 0 Å². The van der Waals surface area contributed by atoms with Gasteiger partial charge in [-0.1, -0.05) is 5.64 Å². The Morgan fingerprint density at radius 2 is 1.27 bits per heavy atom. The molecule has 0 heterocycles. The Morgan fingerprint density at radius 1 is 1.00 bits per heavy atom. The van der Waals surface area contributed by atoms with Crippen molar-refractivity contribution >= 4 is 40.0 Å². The number of hydrogen-bond acceptors (Lipinski definition) is 7. The van der Waals surface area contributed by atoms with Gasteiger partial charge in [-0.3, -0.25) is 18.8 Å². The Hall–Kier alpha value is 0.670. The van der Waals surface area contributed by atoms with Crippen molar-refractivity contribution in [2.75, 3.05) is 26.4 Å². The molecule has 0 radical (unpaired) electrons. The summed E-state index contributed by atoms with van der Waals surface area (Å²) in [6.07, 6.45) is 0.